The van der Waals surface area contributed by atoms with Crippen LogP contribution in [0, 0.1) is 5.92 Å². The third-order valence-electron chi connectivity index (χ3n) is 3.82. The molecule has 15 heavy (non-hydrogen) atoms. The summed E-state index contributed by atoms with van der Waals surface area (Å²) in [5.41, 5.74) is 0.270. The second kappa shape index (κ2) is 4.40. The average Bonchev–Trinajstić information content (AvgIpc) is 2.67. The predicted octanol–water partition coefficient (Wildman–Crippen LogP) is 1.10. The van der Waals surface area contributed by atoms with E-state index in [0.29, 0.717) is 6.04 Å². The summed E-state index contributed by atoms with van der Waals surface area (Å²) < 4.78 is 5.48. The van der Waals surface area contributed by atoms with Crippen LogP contribution in [0.3, 0.4) is 0 Å². The fourth-order valence-electron chi connectivity index (χ4n) is 2.76. The fraction of sp³-hybridized carbons (Fsp3) is 1.00. The van der Waals surface area contributed by atoms with E-state index < -0.39 is 0 Å². The summed E-state index contributed by atoms with van der Waals surface area (Å²) in [6, 6.07) is 0.675. The molecule has 0 saturated carbocycles. The quantitative estimate of drug-likeness (QED) is 0.742. The molecule has 1 N–H and O–H groups in total. The van der Waals surface area contributed by atoms with E-state index in [4.69, 9.17) is 4.74 Å². The fourth-order valence-corrected chi connectivity index (χ4v) is 2.76. The third-order valence-corrected chi connectivity index (χ3v) is 3.82. The molecule has 2 saturated heterocycles. The van der Waals surface area contributed by atoms with Crippen LogP contribution in [0.4, 0.5) is 0 Å². The van der Waals surface area contributed by atoms with Gasteiger partial charge < -0.3 is 10.1 Å². The first kappa shape index (κ1) is 11.4. The van der Waals surface area contributed by atoms with E-state index in [1.54, 1.807) is 0 Å². The van der Waals surface area contributed by atoms with Gasteiger partial charge in [-0.3, -0.25) is 4.90 Å². The second-order valence-electron chi connectivity index (χ2n) is 5.65. The van der Waals surface area contributed by atoms with Crippen LogP contribution in [0.25, 0.3) is 0 Å². The van der Waals surface area contributed by atoms with Crippen LogP contribution in [-0.4, -0.2) is 49.3 Å². The molecule has 88 valence electrons. The number of ether oxygens (including phenoxy) is 1. The Morgan fingerprint density at radius 3 is 2.87 bits per heavy atom. The third kappa shape index (κ3) is 2.71. The Balaban J connectivity index is 1.91. The van der Waals surface area contributed by atoms with Crippen LogP contribution in [0.5, 0.6) is 0 Å². The Hall–Kier alpha value is -0.120. The van der Waals surface area contributed by atoms with Crippen molar-refractivity contribution in [2.45, 2.75) is 38.8 Å². The lowest BCUT2D eigenvalue weighted by Gasteiger charge is -2.43. The normalized spacial score (nSPS) is 34.2. The summed E-state index contributed by atoms with van der Waals surface area (Å²) in [7, 11) is 0. The lowest BCUT2D eigenvalue weighted by molar-refractivity contribution is 0.0782. The van der Waals surface area contributed by atoms with E-state index in [2.05, 4.69) is 31.0 Å². The highest BCUT2D eigenvalue weighted by atomic mass is 16.5. The number of hydrogen-bond acceptors (Lipinski definition) is 3. The second-order valence-corrected chi connectivity index (χ2v) is 5.65. The van der Waals surface area contributed by atoms with Gasteiger partial charge in [-0.15, -0.1) is 0 Å². The Morgan fingerprint density at radius 1 is 1.47 bits per heavy atom. The number of nitrogens with zero attached hydrogens (tertiary/aromatic N) is 1. The van der Waals surface area contributed by atoms with Gasteiger partial charge in [0.25, 0.3) is 0 Å². The van der Waals surface area contributed by atoms with Crippen LogP contribution in [0.1, 0.15) is 27.2 Å². The summed E-state index contributed by atoms with van der Waals surface area (Å²) in [4.78, 5) is 2.62. The van der Waals surface area contributed by atoms with Crippen molar-refractivity contribution in [1.82, 2.24) is 10.2 Å². The molecule has 0 aromatic heterocycles. The van der Waals surface area contributed by atoms with E-state index >= 15 is 0 Å². The highest BCUT2D eigenvalue weighted by Gasteiger charge is 2.32. The highest BCUT2D eigenvalue weighted by Crippen LogP contribution is 2.23. The standard InChI is InChI=1S/C12H24N2O/c1-10(11-4-7-15-8-11)14-6-5-13-12(2,3)9-14/h10-11,13H,4-9H2,1-3H3. The Morgan fingerprint density at radius 2 is 2.27 bits per heavy atom. The molecule has 3 heteroatoms. The summed E-state index contributed by atoms with van der Waals surface area (Å²) in [6.07, 6.45) is 1.24. The first-order valence-corrected chi connectivity index (χ1v) is 6.15. The summed E-state index contributed by atoms with van der Waals surface area (Å²) >= 11 is 0. The molecule has 0 aromatic rings. The Labute approximate surface area is 93.2 Å². The lowest BCUT2D eigenvalue weighted by Crippen LogP contribution is -2.60. The predicted molar refractivity (Wildman–Crippen MR) is 62.0 cm³/mol. The topological polar surface area (TPSA) is 24.5 Å². The number of piperazine rings is 1. The van der Waals surface area contributed by atoms with Crippen molar-refractivity contribution in [3.8, 4) is 0 Å². The summed E-state index contributed by atoms with van der Waals surface area (Å²) in [5, 5.41) is 3.56. The van der Waals surface area contributed by atoms with Gasteiger partial charge in [-0.1, -0.05) is 0 Å². The molecule has 2 unspecified atom stereocenters. The van der Waals surface area contributed by atoms with E-state index in [9.17, 15) is 0 Å². The number of nitrogens with one attached hydrogen (secondary N) is 1. The van der Waals surface area contributed by atoms with Gasteiger partial charge in [-0.25, -0.2) is 0 Å². The lowest BCUT2D eigenvalue weighted by atomic mass is 9.95. The van der Waals surface area contributed by atoms with Gasteiger partial charge in [-0.05, 0) is 33.1 Å². The molecule has 0 aliphatic carbocycles. The monoisotopic (exact) mass is 212 g/mol. The van der Waals surface area contributed by atoms with Crippen molar-refractivity contribution in [2.24, 2.45) is 5.92 Å². The van der Waals surface area contributed by atoms with E-state index in [-0.39, 0.29) is 5.54 Å². The van der Waals surface area contributed by atoms with Crippen molar-refractivity contribution >= 4 is 0 Å². The maximum atomic E-state index is 5.48. The van der Waals surface area contributed by atoms with Crippen LogP contribution in [0.15, 0.2) is 0 Å². The van der Waals surface area contributed by atoms with Crippen molar-refractivity contribution in [3.05, 3.63) is 0 Å². The molecule has 2 fully saturated rings. The highest BCUT2D eigenvalue weighted by molar-refractivity contribution is 4.90. The molecule has 2 heterocycles. The molecule has 2 aliphatic rings. The molecular weight excluding hydrogens is 188 g/mol. The zero-order valence-electron chi connectivity index (χ0n) is 10.3. The van der Waals surface area contributed by atoms with Crippen molar-refractivity contribution < 1.29 is 4.74 Å². The molecule has 2 aliphatic heterocycles. The first-order chi connectivity index (χ1) is 7.08. The average molecular weight is 212 g/mol. The minimum atomic E-state index is 0.270. The van der Waals surface area contributed by atoms with Crippen LogP contribution < -0.4 is 5.32 Å². The Bertz CT molecular complexity index is 212. The van der Waals surface area contributed by atoms with Gasteiger partial charge in [-0.2, -0.15) is 0 Å². The summed E-state index contributed by atoms with van der Waals surface area (Å²) in [6.45, 7) is 12.3. The molecule has 0 bridgehead atoms. The molecular formula is C12H24N2O. The first-order valence-electron chi connectivity index (χ1n) is 6.15. The maximum Gasteiger partial charge on any atom is 0.0509 e. The molecule has 0 radical (unpaired) electrons. The zero-order chi connectivity index (χ0) is 10.9. The smallest absolute Gasteiger partial charge is 0.0509 e. The van der Waals surface area contributed by atoms with E-state index in [1.807, 2.05) is 0 Å². The van der Waals surface area contributed by atoms with Gasteiger partial charge in [0.2, 0.25) is 0 Å². The minimum Gasteiger partial charge on any atom is -0.381 e. The molecule has 0 amide bonds. The molecule has 3 nitrogen and oxygen atoms in total. The van der Waals surface area contributed by atoms with Gasteiger partial charge >= 0.3 is 0 Å². The van der Waals surface area contributed by atoms with Crippen molar-refractivity contribution in [2.75, 3.05) is 32.8 Å². The van der Waals surface area contributed by atoms with Gasteiger partial charge in [0.1, 0.15) is 0 Å². The van der Waals surface area contributed by atoms with Crippen LogP contribution in [0.2, 0.25) is 0 Å². The number of rotatable bonds is 2. The Kier molecular flexibility index (Phi) is 3.33. The molecule has 0 aromatic carbocycles. The SMILES string of the molecule is CC(C1CCOC1)N1CCNC(C)(C)C1. The van der Waals surface area contributed by atoms with Gasteiger partial charge in [0.05, 0.1) is 6.61 Å². The van der Waals surface area contributed by atoms with Gasteiger partial charge in [0, 0.05) is 37.8 Å². The largest absolute Gasteiger partial charge is 0.381 e. The summed E-state index contributed by atoms with van der Waals surface area (Å²) in [5.74, 6) is 0.749. The van der Waals surface area contributed by atoms with E-state index in [1.165, 1.54) is 13.0 Å². The molecule has 0 spiro atoms. The van der Waals surface area contributed by atoms with E-state index in [0.717, 1.165) is 32.2 Å². The maximum absolute atomic E-state index is 5.48. The zero-order valence-corrected chi connectivity index (χ0v) is 10.3. The van der Waals surface area contributed by atoms with Crippen molar-refractivity contribution in [1.29, 1.82) is 0 Å². The van der Waals surface area contributed by atoms with Crippen LogP contribution >= 0.6 is 0 Å². The number of hydrogen-bond donors (Lipinski definition) is 1. The van der Waals surface area contributed by atoms with Crippen LogP contribution in [-0.2, 0) is 4.74 Å². The van der Waals surface area contributed by atoms with Crippen molar-refractivity contribution in [3.63, 3.8) is 0 Å². The molecule has 2 atom stereocenters. The molecule has 2 rings (SSSR count). The van der Waals surface area contributed by atoms with Gasteiger partial charge in [0.15, 0.2) is 0 Å². The minimum absolute atomic E-state index is 0.270.